The maximum atomic E-state index is 11.8. The second kappa shape index (κ2) is 5.70. The van der Waals surface area contributed by atoms with Crippen molar-refractivity contribution < 1.29 is 14.3 Å². The molecule has 24 heavy (non-hydrogen) atoms. The highest BCUT2D eigenvalue weighted by atomic mass is 16.4. The number of aromatic carboxylic acids is 1. The highest BCUT2D eigenvalue weighted by molar-refractivity contribution is 6.00. The van der Waals surface area contributed by atoms with Crippen molar-refractivity contribution in [1.82, 2.24) is 9.55 Å². The molecule has 0 unspecified atom stereocenters. The first-order valence-corrected chi connectivity index (χ1v) is 8.14. The molecule has 1 fully saturated rings. The Balaban J connectivity index is 1.85. The Morgan fingerprint density at radius 2 is 2.08 bits per heavy atom. The topological polar surface area (TPSA) is 71.5 Å². The predicted molar refractivity (Wildman–Crippen MR) is 90.7 cm³/mol. The van der Waals surface area contributed by atoms with Gasteiger partial charge in [0.25, 0.3) is 0 Å². The highest BCUT2D eigenvalue weighted by Crippen LogP contribution is 2.32. The molecule has 4 rings (SSSR count). The summed E-state index contributed by atoms with van der Waals surface area (Å²) in [5, 5.41) is 10.7. The zero-order chi connectivity index (χ0) is 16.7. The molecule has 1 N–H and O–H groups in total. The number of nitrogens with zero attached hydrogens (tertiary/aromatic N) is 3. The minimum absolute atomic E-state index is 0.358. The number of carbonyl (C=O) groups is 1. The van der Waals surface area contributed by atoms with Crippen LogP contribution >= 0.6 is 0 Å². The number of benzene rings is 1. The van der Waals surface area contributed by atoms with Gasteiger partial charge in [-0.15, -0.1) is 0 Å². The monoisotopic (exact) mass is 325 g/mol. The summed E-state index contributed by atoms with van der Waals surface area (Å²) in [4.78, 5) is 18.1. The van der Waals surface area contributed by atoms with Crippen LogP contribution in [0.5, 0.6) is 0 Å². The molecule has 0 aliphatic carbocycles. The number of fused-ring (bicyclic) bond motifs is 1. The maximum Gasteiger partial charge on any atom is 0.337 e. The van der Waals surface area contributed by atoms with E-state index in [1.165, 1.54) is 0 Å². The molecule has 0 spiro atoms. The molecule has 2 aromatic heterocycles. The molecule has 6 heteroatoms. The molecule has 1 aliphatic heterocycles. The van der Waals surface area contributed by atoms with Crippen LogP contribution in [0.2, 0.25) is 0 Å². The van der Waals surface area contributed by atoms with Crippen LogP contribution in [0.15, 0.2) is 35.1 Å². The van der Waals surface area contributed by atoms with Crippen molar-refractivity contribution in [2.75, 3.05) is 18.0 Å². The first-order valence-electron chi connectivity index (χ1n) is 8.14. The molecule has 1 aromatic carbocycles. The standard InChI is InChI=1S/C18H19N3O3/c1-12-8-13-9-16(20-5-2-3-6-20)14(18(22)23)10-15(13)21(12)11-17-19-4-7-24-17/h4,7-10H,2-3,5-6,11H2,1H3,(H,22,23). The summed E-state index contributed by atoms with van der Waals surface area (Å²) in [5.74, 6) is -0.281. The maximum absolute atomic E-state index is 11.8. The van der Waals surface area contributed by atoms with Crippen molar-refractivity contribution in [3.63, 3.8) is 0 Å². The lowest BCUT2D eigenvalue weighted by Gasteiger charge is -2.20. The van der Waals surface area contributed by atoms with E-state index in [1.807, 2.05) is 17.6 Å². The zero-order valence-electron chi connectivity index (χ0n) is 13.5. The largest absolute Gasteiger partial charge is 0.478 e. The summed E-state index contributed by atoms with van der Waals surface area (Å²) in [5.41, 5.74) is 3.13. The van der Waals surface area contributed by atoms with Gasteiger partial charge in [-0.2, -0.15) is 0 Å². The summed E-state index contributed by atoms with van der Waals surface area (Å²) in [6.45, 7) is 4.34. The van der Waals surface area contributed by atoms with Crippen molar-refractivity contribution in [1.29, 1.82) is 0 Å². The van der Waals surface area contributed by atoms with E-state index >= 15 is 0 Å². The van der Waals surface area contributed by atoms with E-state index in [-0.39, 0.29) is 0 Å². The Bertz CT molecular complexity index is 890. The van der Waals surface area contributed by atoms with Gasteiger partial charge in [-0.05, 0) is 38.0 Å². The van der Waals surface area contributed by atoms with Crippen LogP contribution in [0, 0.1) is 6.92 Å². The average Bonchev–Trinajstić information content (AvgIpc) is 3.29. The Labute approximate surface area is 139 Å². The van der Waals surface area contributed by atoms with E-state index in [0.717, 1.165) is 48.2 Å². The molecule has 3 heterocycles. The quantitative estimate of drug-likeness (QED) is 0.797. The van der Waals surface area contributed by atoms with Crippen molar-refractivity contribution in [2.45, 2.75) is 26.3 Å². The second-order valence-corrected chi connectivity index (χ2v) is 6.23. The van der Waals surface area contributed by atoms with Gasteiger partial charge in [0, 0.05) is 29.7 Å². The van der Waals surface area contributed by atoms with E-state index in [0.29, 0.717) is 18.0 Å². The van der Waals surface area contributed by atoms with Gasteiger partial charge in [0.1, 0.15) is 6.26 Å². The number of oxazole rings is 1. The van der Waals surface area contributed by atoms with Gasteiger partial charge in [-0.25, -0.2) is 9.78 Å². The molecule has 1 aliphatic rings. The molecule has 1 saturated heterocycles. The van der Waals surface area contributed by atoms with E-state index in [9.17, 15) is 9.90 Å². The van der Waals surface area contributed by atoms with Crippen molar-refractivity contribution in [3.8, 4) is 0 Å². The van der Waals surface area contributed by atoms with Crippen LogP contribution in [0.3, 0.4) is 0 Å². The van der Waals surface area contributed by atoms with Gasteiger partial charge in [0.2, 0.25) is 5.89 Å². The van der Waals surface area contributed by atoms with Crippen LogP contribution in [0.4, 0.5) is 5.69 Å². The minimum atomic E-state index is -0.889. The molecular formula is C18H19N3O3. The van der Waals surface area contributed by atoms with Gasteiger partial charge in [0.05, 0.1) is 24.0 Å². The third kappa shape index (κ3) is 2.44. The number of carboxylic acid groups (broad SMARTS) is 1. The Morgan fingerprint density at radius 3 is 2.75 bits per heavy atom. The van der Waals surface area contributed by atoms with Crippen molar-refractivity contribution in [3.05, 3.63) is 47.8 Å². The summed E-state index contributed by atoms with van der Waals surface area (Å²) < 4.78 is 7.38. The fraction of sp³-hybridized carbons (Fsp3) is 0.333. The lowest BCUT2D eigenvalue weighted by atomic mass is 10.1. The fourth-order valence-corrected chi connectivity index (χ4v) is 3.50. The third-order valence-electron chi connectivity index (χ3n) is 4.68. The van der Waals surface area contributed by atoms with E-state index in [1.54, 1.807) is 18.5 Å². The lowest BCUT2D eigenvalue weighted by Crippen LogP contribution is -2.20. The van der Waals surface area contributed by atoms with Gasteiger partial charge in [-0.1, -0.05) is 0 Å². The summed E-state index contributed by atoms with van der Waals surface area (Å²) >= 11 is 0. The summed E-state index contributed by atoms with van der Waals surface area (Å²) in [6.07, 6.45) is 5.39. The van der Waals surface area contributed by atoms with Crippen LogP contribution in [0.25, 0.3) is 10.9 Å². The molecule has 0 radical (unpaired) electrons. The normalized spacial score (nSPS) is 14.6. The molecule has 0 saturated carbocycles. The van der Waals surface area contributed by atoms with E-state index < -0.39 is 5.97 Å². The molecule has 0 atom stereocenters. The van der Waals surface area contributed by atoms with E-state index in [2.05, 4.69) is 16.0 Å². The van der Waals surface area contributed by atoms with E-state index in [4.69, 9.17) is 4.42 Å². The van der Waals surface area contributed by atoms with Gasteiger partial charge < -0.3 is 19.0 Å². The SMILES string of the molecule is Cc1cc2cc(N3CCCC3)c(C(=O)O)cc2n1Cc1ncco1. The first kappa shape index (κ1) is 14.8. The van der Waals surface area contributed by atoms with Crippen molar-refractivity contribution in [2.24, 2.45) is 0 Å². The number of carboxylic acids is 1. The van der Waals surface area contributed by atoms with Crippen LogP contribution in [-0.2, 0) is 6.54 Å². The Kier molecular flexibility index (Phi) is 3.52. The minimum Gasteiger partial charge on any atom is -0.478 e. The average molecular weight is 325 g/mol. The third-order valence-corrected chi connectivity index (χ3v) is 4.68. The van der Waals surface area contributed by atoms with Crippen LogP contribution in [-0.4, -0.2) is 33.7 Å². The fourth-order valence-electron chi connectivity index (χ4n) is 3.50. The molecule has 124 valence electrons. The predicted octanol–water partition coefficient (Wildman–Crippen LogP) is 3.28. The first-order chi connectivity index (χ1) is 11.6. The number of hydrogen-bond acceptors (Lipinski definition) is 4. The van der Waals surface area contributed by atoms with Gasteiger partial charge in [0.15, 0.2) is 0 Å². The molecular weight excluding hydrogens is 306 g/mol. The molecule has 6 nitrogen and oxygen atoms in total. The molecule has 0 amide bonds. The number of aromatic nitrogens is 2. The number of anilines is 1. The number of rotatable bonds is 4. The second-order valence-electron chi connectivity index (χ2n) is 6.23. The van der Waals surface area contributed by atoms with Gasteiger partial charge in [-0.3, -0.25) is 0 Å². The zero-order valence-corrected chi connectivity index (χ0v) is 13.5. The smallest absolute Gasteiger partial charge is 0.337 e. The molecule has 0 bridgehead atoms. The Hall–Kier alpha value is -2.76. The van der Waals surface area contributed by atoms with Crippen LogP contribution < -0.4 is 4.90 Å². The Morgan fingerprint density at radius 1 is 1.29 bits per heavy atom. The molecule has 3 aromatic rings. The number of aryl methyl sites for hydroxylation is 1. The van der Waals surface area contributed by atoms with Crippen molar-refractivity contribution >= 4 is 22.6 Å². The number of hydrogen-bond donors (Lipinski definition) is 1. The summed E-state index contributed by atoms with van der Waals surface area (Å²) in [7, 11) is 0. The van der Waals surface area contributed by atoms with Gasteiger partial charge >= 0.3 is 5.97 Å². The summed E-state index contributed by atoms with van der Waals surface area (Å²) in [6, 6.07) is 5.87. The van der Waals surface area contributed by atoms with Crippen LogP contribution in [0.1, 0.15) is 34.8 Å². The lowest BCUT2D eigenvalue weighted by molar-refractivity contribution is 0.0697. The highest BCUT2D eigenvalue weighted by Gasteiger charge is 2.21.